The highest BCUT2D eigenvalue weighted by Crippen LogP contribution is 2.27. The minimum atomic E-state index is -0.726. The van der Waals surface area contributed by atoms with Crippen LogP contribution in [-0.2, 0) is 7.05 Å². The van der Waals surface area contributed by atoms with Crippen molar-refractivity contribution in [3.8, 4) is 0 Å². The smallest absolute Gasteiger partial charge is 0.209 e. The molecule has 74 valence electrons. The number of hydrogen-bond acceptors (Lipinski definition) is 5. The summed E-state index contributed by atoms with van der Waals surface area (Å²) >= 11 is 1.46. The molecule has 0 aromatic carbocycles. The maximum absolute atomic E-state index is 9.68. The number of nitrogens with zero attached hydrogens (tertiary/aromatic N) is 4. The van der Waals surface area contributed by atoms with Crippen LogP contribution in [-0.4, -0.2) is 36.2 Å². The first-order valence-electron chi connectivity index (χ1n) is 4.02. The normalized spacial score (nSPS) is 14.5. The summed E-state index contributed by atoms with van der Waals surface area (Å²) in [5.41, 5.74) is -0.726. The lowest BCUT2D eigenvalue weighted by molar-refractivity contribution is 0.0823. The average Bonchev–Trinajstić information content (AvgIpc) is 2.34. The highest BCUT2D eigenvalue weighted by molar-refractivity contribution is 7.99. The second-order valence-corrected chi connectivity index (χ2v) is 4.81. The highest BCUT2D eigenvalue weighted by Gasteiger charge is 2.24. The number of tetrazole rings is 1. The Balaban J connectivity index is 2.65. The molecule has 0 aliphatic carbocycles. The first-order chi connectivity index (χ1) is 5.91. The molecule has 1 rings (SSSR count). The molecule has 0 radical (unpaired) electrons. The summed E-state index contributed by atoms with van der Waals surface area (Å²) in [7, 11) is 1.78. The monoisotopic (exact) mass is 202 g/mol. The van der Waals surface area contributed by atoms with Gasteiger partial charge < -0.3 is 5.11 Å². The largest absolute Gasteiger partial charge is 0.389 e. The predicted octanol–water partition coefficient (Wildman–Crippen LogP) is 0.462. The van der Waals surface area contributed by atoms with Gasteiger partial charge in [0, 0.05) is 12.3 Å². The van der Waals surface area contributed by atoms with E-state index in [1.807, 2.05) is 6.92 Å². The van der Waals surface area contributed by atoms with Crippen LogP contribution in [0.15, 0.2) is 5.16 Å². The van der Waals surface area contributed by atoms with Crippen LogP contribution in [0.5, 0.6) is 0 Å². The molecule has 1 heterocycles. The molecular formula is C7H14N4OS. The highest BCUT2D eigenvalue weighted by atomic mass is 32.2. The SMILES string of the molecule is CC(Sc1nnnn1C)C(C)(C)O. The molecule has 1 unspecified atom stereocenters. The van der Waals surface area contributed by atoms with Gasteiger partial charge in [-0.05, 0) is 24.3 Å². The van der Waals surface area contributed by atoms with Gasteiger partial charge in [0.25, 0.3) is 0 Å². The van der Waals surface area contributed by atoms with Crippen LogP contribution in [0.1, 0.15) is 20.8 Å². The van der Waals surface area contributed by atoms with Gasteiger partial charge in [-0.1, -0.05) is 18.7 Å². The van der Waals surface area contributed by atoms with Crippen molar-refractivity contribution in [2.45, 2.75) is 36.8 Å². The molecule has 5 nitrogen and oxygen atoms in total. The first kappa shape index (κ1) is 10.5. The van der Waals surface area contributed by atoms with Gasteiger partial charge in [0.2, 0.25) is 5.16 Å². The van der Waals surface area contributed by atoms with Gasteiger partial charge in [-0.2, -0.15) is 0 Å². The van der Waals surface area contributed by atoms with Gasteiger partial charge in [0.15, 0.2) is 0 Å². The number of aromatic nitrogens is 4. The third-order valence-corrected chi connectivity index (χ3v) is 3.35. The lowest BCUT2D eigenvalue weighted by Gasteiger charge is -2.24. The minimum Gasteiger partial charge on any atom is -0.389 e. The van der Waals surface area contributed by atoms with Gasteiger partial charge in [-0.3, -0.25) is 0 Å². The van der Waals surface area contributed by atoms with Crippen molar-refractivity contribution in [2.24, 2.45) is 7.05 Å². The van der Waals surface area contributed by atoms with Crippen LogP contribution in [0, 0.1) is 0 Å². The summed E-state index contributed by atoms with van der Waals surface area (Å²) in [5.74, 6) is 0. The standard InChI is InChI=1S/C7H14N4OS/c1-5(7(2,3)12)13-6-8-9-10-11(6)4/h5,12H,1-4H3. The van der Waals surface area contributed by atoms with Crippen molar-refractivity contribution in [3.63, 3.8) is 0 Å². The number of rotatable bonds is 3. The summed E-state index contributed by atoms with van der Waals surface area (Å²) in [4.78, 5) is 0. The summed E-state index contributed by atoms with van der Waals surface area (Å²) in [6.45, 7) is 5.49. The number of aryl methyl sites for hydroxylation is 1. The number of aliphatic hydroxyl groups is 1. The molecular weight excluding hydrogens is 188 g/mol. The van der Waals surface area contributed by atoms with Crippen molar-refractivity contribution in [1.29, 1.82) is 0 Å². The fraction of sp³-hybridized carbons (Fsp3) is 0.857. The summed E-state index contributed by atoms with van der Waals surface area (Å²) in [5, 5.41) is 21.5. The third kappa shape index (κ3) is 2.67. The molecule has 1 aromatic rings. The van der Waals surface area contributed by atoms with Crippen LogP contribution >= 0.6 is 11.8 Å². The van der Waals surface area contributed by atoms with E-state index in [0.29, 0.717) is 0 Å². The molecule has 1 aromatic heterocycles. The Morgan fingerprint density at radius 3 is 2.54 bits per heavy atom. The van der Waals surface area contributed by atoms with E-state index in [2.05, 4.69) is 15.5 Å². The van der Waals surface area contributed by atoms with Crippen molar-refractivity contribution in [3.05, 3.63) is 0 Å². The number of hydrogen-bond donors (Lipinski definition) is 1. The van der Waals surface area contributed by atoms with Gasteiger partial charge in [-0.15, -0.1) is 5.10 Å². The Hall–Kier alpha value is -0.620. The van der Waals surface area contributed by atoms with E-state index in [1.54, 1.807) is 25.6 Å². The van der Waals surface area contributed by atoms with Gasteiger partial charge in [-0.25, -0.2) is 4.68 Å². The third-order valence-electron chi connectivity index (χ3n) is 1.86. The quantitative estimate of drug-likeness (QED) is 0.721. The topological polar surface area (TPSA) is 63.8 Å². The molecule has 0 saturated carbocycles. The summed E-state index contributed by atoms with van der Waals surface area (Å²) in [6, 6.07) is 0. The number of thioether (sulfide) groups is 1. The van der Waals surface area contributed by atoms with E-state index in [0.717, 1.165) is 5.16 Å². The lowest BCUT2D eigenvalue weighted by Crippen LogP contribution is -2.31. The Morgan fingerprint density at radius 1 is 1.54 bits per heavy atom. The molecule has 0 saturated heterocycles. The van der Waals surface area contributed by atoms with Gasteiger partial charge in [0.1, 0.15) is 0 Å². The van der Waals surface area contributed by atoms with Crippen LogP contribution in [0.3, 0.4) is 0 Å². The lowest BCUT2D eigenvalue weighted by atomic mass is 10.1. The van der Waals surface area contributed by atoms with Crippen LogP contribution < -0.4 is 0 Å². The van der Waals surface area contributed by atoms with Crippen LogP contribution in [0.2, 0.25) is 0 Å². The van der Waals surface area contributed by atoms with Gasteiger partial charge >= 0.3 is 0 Å². The molecule has 6 heteroatoms. The summed E-state index contributed by atoms with van der Waals surface area (Å²) in [6.07, 6.45) is 0. The van der Waals surface area contributed by atoms with Crippen LogP contribution in [0.25, 0.3) is 0 Å². The molecule has 0 aliphatic rings. The van der Waals surface area contributed by atoms with Crippen molar-refractivity contribution < 1.29 is 5.11 Å². The van der Waals surface area contributed by atoms with E-state index in [9.17, 15) is 5.11 Å². The van der Waals surface area contributed by atoms with Crippen molar-refractivity contribution in [1.82, 2.24) is 20.2 Å². The molecule has 13 heavy (non-hydrogen) atoms. The fourth-order valence-electron chi connectivity index (χ4n) is 0.623. The van der Waals surface area contributed by atoms with Gasteiger partial charge in [0.05, 0.1) is 5.60 Å². The van der Waals surface area contributed by atoms with Crippen molar-refractivity contribution in [2.75, 3.05) is 0 Å². The van der Waals surface area contributed by atoms with Crippen LogP contribution in [0.4, 0.5) is 0 Å². The minimum absolute atomic E-state index is 0.0530. The second kappa shape index (κ2) is 3.63. The molecule has 1 N–H and O–H groups in total. The molecule has 0 spiro atoms. The molecule has 0 bridgehead atoms. The zero-order valence-electron chi connectivity index (χ0n) is 8.22. The van der Waals surface area contributed by atoms with E-state index in [4.69, 9.17) is 0 Å². The molecule has 0 fully saturated rings. The summed E-state index contributed by atoms with van der Waals surface area (Å²) < 4.78 is 1.59. The zero-order chi connectivity index (χ0) is 10.1. The Morgan fingerprint density at radius 2 is 2.15 bits per heavy atom. The molecule has 0 amide bonds. The predicted molar refractivity (Wildman–Crippen MR) is 50.4 cm³/mol. The first-order valence-corrected chi connectivity index (χ1v) is 4.90. The maximum atomic E-state index is 9.68. The molecule has 0 aliphatic heterocycles. The Bertz CT molecular complexity index is 280. The maximum Gasteiger partial charge on any atom is 0.209 e. The second-order valence-electron chi connectivity index (χ2n) is 3.50. The van der Waals surface area contributed by atoms with E-state index in [-0.39, 0.29) is 5.25 Å². The average molecular weight is 202 g/mol. The zero-order valence-corrected chi connectivity index (χ0v) is 9.04. The Labute approximate surface area is 81.5 Å². The molecule has 1 atom stereocenters. The van der Waals surface area contributed by atoms with E-state index >= 15 is 0 Å². The van der Waals surface area contributed by atoms with Crippen molar-refractivity contribution >= 4 is 11.8 Å². The Kier molecular flexibility index (Phi) is 2.92. The van der Waals surface area contributed by atoms with E-state index in [1.165, 1.54) is 11.8 Å². The fourth-order valence-corrected chi connectivity index (χ4v) is 1.50. The van der Waals surface area contributed by atoms with E-state index < -0.39 is 5.60 Å².